The molecular formula is C95H77BN4O2S. The van der Waals surface area contributed by atoms with E-state index >= 15 is 0 Å². The first-order chi connectivity index (χ1) is 49.7. The summed E-state index contributed by atoms with van der Waals surface area (Å²) in [4.78, 5) is 2.56. The molecular weight excluding hydrogens is 1270 g/mol. The first-order valence-corrected chi connectivity index (χ1v) is 37.0. The number of para-hydroxylation sites is 2. The van der Waals surface area contributed by atoms with Gasteiger partial charge in [0.05, 0.1) is 28.3 Å². The Bertz CT molecular complexity index is 6360. The maximum Gasteiger partial charge on any atom is 0.256 e. The number of furan rings is 1. The van der Waals surface area contributed by atoms with E-state index in [4.69, 9.17) is 9.15 Å². The lowest BCUT2D eigenvalue weighted by atomic mass is 9.34. The van der Waals surface area contributed by atoms with Crippen LogP contribution in [0.2, 0.25) is 0 Å². The van der Waals surface area contributed by atoms with Crippen LogP contribution in [-0.4, -0.2) is 15.8 Å². The van der Waals surface area contributed by atoms with Gasteiger partial charge in [-0.3, -0.25) is 0 Å². The lowest BCUT2D eigenvalue weighted by Crippen LogP contribution is -2.59. The summed E-state index contributed by atoms with van der Waals surface area (Å²) >= 11 is 1.85. The Labute approximate surface area is 605 Å². The van der Waals surface area contributed by atoms with Crippen LogP contribution in [0.3, 0.4) is 0 Å². The van der Waals surface area contributed by atoms with Crippen molar-refractivity contribution in [2.75, 3.05) is 4.90 Å². The molecule has 0 atom stereocenters. The van der Waals surface area contributed by atoms with Gasteiger partial charge in [-0.2, -0.15) is 5.26 Å². The number of aromatic nitrogens is 2. The quantitative estimate of drug-likeness (QED) is 0.123. The second-order valence-corrected chi connectivity index (χ2v) is 33.1. The Balaban J connectivity index is 0.916. The average molecular weight is 1350 g/mol. The predicted molar refractivity (Wildman–Crippen MR) is 437 cm³/mol. The van der Waals surface area contributed by atoms with E-state index in [1.807, 2.05) is 11.3 Å². The van der Waals surface area contributed by atoms with E-state index < -0.39 is 0 Å². The number of allylic oxidation sites excluding steroid dienone is 3. The summed E-state index contributed by atoms with van der Waals surface area (Å²) in [5.74, 6) is 1.60. The van der Waals surface area contributed by atoms with Crippen molar-refractivity contribution in [3.63, 3.8) is 0 Å². The highest BCUT2D eigenvalue weighted by Crippen LogP contribution is 2.53. The molecule has 0 radical (unpaired) electrons. The van der Waals surface area contributed by atoms with E-state index in [1.165, 1.54) is 64.2 Å². The maximum absolute atomic E-state index is 10.5. The zero-order valence-corrected chi connectivity index (χ0v) is 60.9. The van der Waals surface area contributed by atoms with Gasteiger partial charge in [0, 0.05) is 122 Å². The predicted octanol–water partition coefficient (Wildman–Crippen LogP) is 24.3. The molecule has 0 unspecified atom stereocenters. The molecule has 6 nitrogen and oxygen atoms in total. The molecule has 19 rings (SSSR count). The molecule has 103 heavy (non-hydrogen) atoms. The summed E-state index contributed by atoms with van der Waals surface area (Å²) in [6.07, 6.45) is 7.81. The normalized spacial score (nSPS) is 14.6. The van der Waals surface area contributed by atoms with Crippen LogP contribution >= 0.6 is 11.3 Å². The third-order valence-electron chi connectivity index (χ3n) is 22.2. The number of fused-ring (bicyclic) bond motifs is 17. The third-order valence-corrected chi connectivity index (χ3v) is 23.3. The Morgan fingerprint density at radius 1 is 0.437 bits per heavy atom. The number of thiophene rings is 1. The van der Waals surface area contributed by atoms with Crippen LogP contribution in [0.25, 0.3) is 126 Å². The Hall–Kier alpha value is -11.4. The zero-order valence-electron chi connectivity index (χ0n) is 60.1. The topological polar surface area (TPSA) is 59.3 Å². The van der Waals surface area contributed by atoms with Crippen LogP contribution in [0.5, 0.6) is 11.5 Å². The highest BCUT2D eigenvalue weighted by Gasteiger charge is 2.44. The minimum absolute atomic E-state index is 0.0455. The van der Waals surface area contributed by atoms with Gasteiger partial charge in [0.15, 0.2) is 0 Å². The first kappa shape index (κ1) is 62.6. The lowest BCUT2D eigenvalue weighted by Gasteiger charge is -2.41. The third kappa shape index (κ3) is 9.87. The van der Waals surface area contributed by atoms with Crippen LogP contribution in [0.4, 0.5) is 17.1 Å². The Morgan fingerprint density at radius 3 is 1.80 bits per heavy atom. The van der Waals surface area contributed by atoms with E-state index in [2.05, 4.69) is 339 Å². The van der Waals surface area contributed by atoms with Crippen molar-refractivity contribution in [1.82, 2.24) is 9.13 Å². The number of rotatable bonds is 6. The van der Waals surface area contributed by atoms with Crippen LogP contribution < -0.4 is 26.0 Å². The second kappa shape index (κ2) is 22.8. The molecule has 0 N–H and O–H groups in total. The average Bonchev–Trinajstić information content (AvgIpc) is 1.44. The Morgan fingerprint density at radius 2 is 1.07 bits per heavy atom. The largest absolute Gasteiger partial charge is 0.458 e. The highest BCUT2D eigenvalue weighted by atomic mass is 32.1. The first-order valence-electron chi connectivity index (χ1n) is 36.2. The van der Waals surface area contributed by atoms with E-state index in [0.717, 1.165) is 145 Å². The fourth-order valence-electron chi connectivity index (χ4n) is 17.1. The monoisotopic (exact) mass is 1350 g/mol. The van der Waals surface area contributed by atoms with E-state index in [-0.39, 0.29) is 23.0 Å². The van der Waals surface area contributed by atoms with Gasteiger partial charge in [0.25, 0.3) is 6.71 Å². The molecule has 0 spiro atoms. The minimum atomic E-state index is -0.262. The maximum atomic E-state index is 10.5. The van der Waals surface area contributed by atoms with Crippen LogP contribution in [0.15, 0.2) is 247 Å². The second-order valence-electron chi connectivity index (χ2n) is 32.0. The molecule has 0 bridgehead atoms. The Kier molecular flexibility index (Phi) is 13.9. The SMILES string of the molecule is Cc1cc(C)cc(-c2cc3sc4ccccc4c3c3c2oc2c(-c4cc5c6c(c4)N(c4ccc(C(C)(C)C)cc4-c4ccccc4)c4cc(-n7c8c(c9ccccc97)/C=C(/C#N)C/C=C\C8)ccc4B6c4ccc(-n6c7ccc(C(C)(C)C)cc7c7cc(C(C)(C)C)ccc76)cc4O5)cccc23)c1. The summed E-state index contributed by atoms with van der Waals surface area (Å²) in [6, 6.07) is 87.2. The number of nitrogens with zero attached hydrogens (tertiary/aromatic N) is 4. The lowest BCUT2D eigenvalue weighted by molar-refractivity contribution is 0.487. The number of benzene rings is 12. The summed E-state index contributed by atoms with van der Waals surface area (Å²) < 4.78 is 22.9. The number of nitriles is 1. The summed E-state index contributed by atoms with van der Waals surface area (Å²) in [5.41, 5.74) is 29.1. The fourth-order valence-corrected chi connectivity index (χ4v) is 18.3. The van der Waals surface area contributed by atoms with Gasteiger partial charge < -0.3 is 23.2 Å². The van der Waals surface area contributed by atoms with Crippen molar-refractivity contribution in [3.8, 4) is 62.3 Å². The van der Waals surface area contributed by atoms with Crippen LogP contribution in [-0.2, 0) is 22.7 Å². The molecule has 4 aromatic heterocycles. The fraction of sp³-hybridized carbons (Fsp3) is 0.168. The molecule has 12 aromatic carbocycles. The van der Waals surface area contributed by atoms with Gasteiger partial charge in [-0.05, 0) is 171 Å². The molecule has 3 aliphatic rings. The van der Waals surface area contributed by atoms with Crippen molar-refractivity contribution in [2.24, 2.45) is 0 Å². The van der Waals surface area contributed by atoms with Crippen molar-refractivity contribution < 1.29 is 9.15 Å². The van der Waals surface area contributed by atoms with E-state index in [0.29, 0.717) is 12.8 Å². The molecule has 0 saturated carbocycles. The molecule has 1 aliphatic carbocycles. The van der Waals surface area contributed by atoms with Gasteiger partial charge >= 0.3 is 0 Å². The van der Waals surface area contributed by atoms with Gasteiger partial charge in [-0.25, -0.2) is 0 Å². The number of ether oxygens (including phenoxy) is 1. The van der Waals surface area contributed by atoms with E-state index in [9.17, 15) is 5.26 Å². The molecule has 2 aliphatic heterocycles. The molecule has 16 aromatic rings. The number of hydrogen-bond donors (Lipinski definition) is 0. The van der Waals surface area contributed by atoms with Crippen LogP contribution in [0.1, 0.15) is 108 Å². The van der Waals surface area contributed by atoms with Gasteiger partial charge in [-0.15, -0.1) is 11.3 Å². The number of hydrogen-bond acceptors (Lipinski definition) is 5. The zero-order chi connectivity index (χ0) is 70.3. The van der Waals surface area contributed by atoms with Crippen molar-refractivity contribution in [1.29, 1.82) is 5.26 Å². The summed E-state index contributed by atoms with van der Waals surface area (Å²) in [5, 5.41) is 18.8. The molecule has 6 heterocycles. The van der Waals surface area contributed by atoms with Crippen molar-refractivity contribution in [2.45, 2.75) is 105 Å². The molecule has 0 fully saturated rings. The minimum Gasteiger partial charge on any atom is -0.458 e. The summed E-state index contributed by atoms with van der Waals surface area (Å²) in [7, 11) is 0. The molecule has 8 heteroatoms. The smallest absolute Gasteiger partial charge is 0.256 e. The molecule has 0 amide bonds. The highest BCUT2D eigenvalue weighted by molar-refractivity contribution is 7.26. The molecule has 0 saturated heterocycles. The number of aryl methyl sites for hydroxylation is 2. The van der Waals surface area contributed by atoms with E-state index in [1.54, 1.807) is 0 Å². The van der Waals surface area contributed by atoms with Gasteiger partial charge in [0.1, 0.15) is 22.7 Å². The van der Waals surface area contributed by atoms with Crippen molar-refractivity contribution in [3.05, 3.63) is 281 Å². The van der Waals surface area contributed by atoms with Gasteiger partial charge in [-0.1, -0.05) is 219 Å². The standard InChI is InChI=1S/C95H77BN4O2S/c1-55-42-56(2)44-59(43-55)71-53-87-88(68-26-17-20-31-86(68)103-87)89-69-28-21-27-66(91(69)102-92(71)89)60-46-83-90-85(47-60)101-84-52-65(99-80-40-33-62(94(6,7)8)49-73(80)74-50-63(95(9,10)11)34-41-81(74)99)36-38-76(84)96(90)75-37-35-64(98-77-29-19-16-25-67(77)72-45-57(54-97)22-15-18-30-78(72)98)51-82(75)100(83)79-39-32-61(93(3,4)5)48-70(79)58-23-13-12-14-24-58/h12-21,23-29,31-53H,22,30H2,1-11H3/b18-15-,57-45+. The van der Waals surface area contributed by atoms with Crippen LogP contribution in [0, 0.1) is 25.2 Å². The number of anilines is 3. The van der Waals surface area contributed by atoms with Gasteiger partial charge in [0.2, 0.25) is 0 Å². The summed E-state index contributed by atoms with van der Waals surface area (Å²) in [6.45, 7) is 24.9. The van der Waals surface area contributed by atoms with Crippen molar-refractivity contribution >= 4 is 132 Å². The molecule has 498 valence electrons.